The first kappa shape index (κ1) is 10.5. The first-order valence-electron chi connectivity index (χ1n) is 3.37. The number of halogens is 4. The molecule has 1 rings (SSSR count). The van der Waals surface area contributed by atoms with Crippen LogP contribution >= 0.6 is 15.9 Å². The number of rotatable bonds is 1. The number of nitrogens with zero attached hydrogens (tertiary/aromatic N) is 1. The number of alkyl halides is 3. The van der Waals surface area contributed by atoms with Gasteiger partial charge in [-0.2, -0.15) is 13.2 Å². The van der Waals surface area contributed by atoms with E-state index in [1.54, 1.807) is 0 Å². The average molecular weight is 255 g/mol. The lowest BCUT2D eigenvalue weighted by molar-refractivity contribution is -0.137. The van der Waals surface area contributed by atoms with Crippen molar-refractivity contribution in [3.8, 4) is 0 Å². The molecule has 1 aromatic rings. The van der Waals surface area contributed by atoms with Gasteiger partial charge in [-0.05, 0) is 28.1 Å². The maximum Gasteiger partial charge on any atom is 0.416 e. The molecule has 0 aliphatic heterocycles. The monoisotopic (exact) mass is 254 g/mol. The molecule has 2 nitrogen and oxygen atoms in total. The second-order valence-electron chi connectivity index (χ2n) is 2.37. The maximum absolute atomic E-state index is 12.2. The highest BCUT2D eigenvalue weighted by atomic mass is 79.9. The van der Waals surface area contributed by atoms with Gasteiger partial charge in [-0.1, -0.05) is 0 Å². The summed E-state index contributed by atoms with van der Waals surface area (Å²) < 4.78 is 36.7. The van der Waals surface area contributed by atoms with E-state index < -0.39 is 11.7 Å². The minimum Gasteiger partial charge on any atom is -0.325 e. The normalized spacial score (nSPS) is 11.8. The van der Waals surface area contributed by atoms with Crippen molar-refractivity contribution in [2.75, 3.05) is 0 Å². The highest BCUT2D eigenvalue weighted by molar-refractivity contribution is 9.10. The Hall–Kier alpha value is -0.620. The smallest absolute Gasteiger partial charge is 0.325 e. The molecule has 0 bridgehead atoms. The van der Waals surface area contributed by atoms with Gasteiger partial charge in [0.25, 0.3) is 0 Å². The van der Waals surface area contributed by atoms with E-state index in [0.29, 0.717) is 0 Å². The van der Waals surface area contributed by atoms with Gasteiger partial charge in [0.15, 0.2) is 0 Å². The van der Waals surface area contributed by atoms with Crippen molar-refractivity contribution in [3.05, 3.63) is 28.0 Å². The van der Waals surface area contributed by atoms with Crippen molar-refractivity contribution in [1.29, 1.82) is 0 Å². The molecule has 2 N–H and O–H groups in total. The Balaban J connectivity index is 3.16. The molecule has 0 fully saturated rings. The molecule has 0 saturated carbocycles. The van der Waals surface area contributed by atoms with Crippen LogP contribution in [-0.2, 0) is 12.7 Å². The van der Waals surface area contributed by atoms with E-state index in [9.17, 15) is 13.2 Å². The first-order valence-corrected chi connectivity index (χ1v) is 4.16. The van der Waals surface area contributed by atoms with Gasteiger partial charge in [0.05, 0.1) is 11.3 Å². The lowest BCUT2D eigenvalue weighted by atomic mass is 10.2. The summed E-state index contributed by atoms with van der Waals surface area (Å²) >= 11 is 2.88. The van der Waals surface area contributed by atoms with Crippen LogP contribution in [0.3, 0.4) is 0 Å². The molecule has 0 amide bonds. The van der Waals surface area contributed by atoms with E-state index in [1.165, 1.54) is 0 Å². The maximum atomic E-state index is 12.2. The summed E-state index contributed by atoms with van der Waals surface area (Å²) in [5, 5.41) is 0. The number of nitrogens with two attached hydrogens (primary N) is 1. The molecule has 1 heterocycles. The molecule has 0 saturated heterocycles. The standard InChI is InChI=1S/C7H6BrF3N2/c8-6-2-4(7(9,10)11)1-5(3-12)13-6/h1-2H,3,12H2. The van der Waals surface area contributed by atoms with E-state index in [1.807, 2.05) is 0 Å². The second-order valence-corrected chi connectivity index (χ2v) is 3.18. The Kier molecular flexibility index (Phi) is 2.92. The fourth-order valence-corrected chi connectivity index (χ4v) is 1.29. The summed E-state index contributed by atoms with van der Waals surface area (Å²) in [6.45, 7) is -0.0114. The molecule has 0 spiro atoms. The van der Waals surface area contributed by atoms with Crippen molar-refractivity contribution in [1.82, 2.24) is 4.98 Å². The molecule has 0 aliphatic carbocycles. The van der Waals surface area contributed by atoms with Crippen molar-refractivity contribution in [3.63, 3.8) is 0 Å². The molecular weight excluding hydrogens is 249 g/mol. The Morgan fingerprint density at radius 3 is 2.46 bits per heavy atom. The Morgan fingerprint density at radius 1 is 1.38 bits per heavy atom. The molecule has 6 heteroatoms. The van der Waals surface area contributed by atoms with Crippen LogP contribution in [0.2, 0.25) is 0 Å². The van der Waals surface area contributed by atoms with Crippen molar-refractivity contribution in [2.45, 2.75) is 12.7 Å². The first-order chi connectivity index (χ1) is 5.93. The second kappa shape index (κ2) is 3.63. The fraction of sp³-hybridized carbons (Fsp3) is 0.286. The van der Waals surface area contributed by atoms with Gasteiger partial charge >= 0.3 is 6.18 Å². The number of hydrogen-bond donors (Lipinski definition) is 1. The molecule has 0 unspecified atom stereocenters. The van der Waals surface area contributed by atoms with Gasteiger partial charge in [0.2, 0.25) is 0 Å². The zero-order valence-electron chi connectivity index (χ0n) is 6.40. The average Bonchev–Trinajstić information content (AvgIpc) is 2.01. The Morgan fingerprint density at radius 2 is 2.00 bits per heavy atom. The van der Waals surface area contributed by atoms with Crippen molar-refractivity contribution in [2.24, 2.45) is 5.73 Å². The van der Waals surface area contributed by atoms with Crippen LogP contribution in [0.1, 0.15) is 11.3 Å². The Bertz CT molecular complexity index is 311. The molecular formula is C7H6BrF3N2. The number of pyridine rings is 1. The van der Waals surface area contributed by atoms with E-state index in [4.69, 9.17) is 5.73 Å². The van der Waals surface area contributed by atoms with Crippen molar-refractivity contribution < 1.29 is 13.2 Å². The molecule has 72 valence electrons. The van der Waals surface area contributed by atoms with Gasteiger partial charge in [0.1, 0.15) is 4.60 Å². The molecule has 0 aliphatic rings. The van der Waals surface area contributed by atoms with Crippen LogP contribution in [0.5, 0.6) is 0 Å². The van der Waals surface area contributed by atoms with Crippen molar-refractivity contribution >= 4 is 15.9 Å². The molecule has 1 aromatic heterocycles. The summed E-state index contributed by atoms with van der Waals surface area (Å²) in [7, 11) is 0. The molecule has 0 aromatic carbocycles. The summed E-state index contributed by atoms with van der Waals surface area (Å²) in [4.78, 5) is 3.76. The van der Waals surface area contributed by atoms with Crippen LogP contribution in [0, 0.1) is 0 Å². The van der Waals surface area contributed by atoms with Crippen LogP contribution in [0.25, 0.3) is 0 Å². The van der Waals surface area contributed by atoms with Crippen LogP contribution in [0.15, 0.2) is 16.7 Å². The van der Waals surface area contributed by atoms with E-state index >= 15 is 0 Å². The predicted octanol–water partition coefficient (Wildman–Crippen LogP) is 2.32. The zero-order valence-corrected chi connectivity index (χ0v) is 7.98. The quantitative estimate of drug-likeness (QED) is 0.782. The van der Waals surface area contributed by atoms with Gasteiger partial charge < -0.3 is 5.73 Å². The largest absolute Gasteiger partial charge is 0.416 e. The lowest BCUT2D eigenvalue weighted by Crippen LogP contribution is -2.08. The van der Waals surface area contributed by atoms with Gasteiger partial charge in [-0.15, -0.1) is 0 Å². The van der Waals surface area contributed by atoms with Gasteiger partial charge in [-0.3, -0.25) is 0 Å². The third-order valence-corrected chi connectivity index (χ3v) is 1.79. The van der Waals surface area contributed by atoms with Crippen LogP contribution in [0.4, 0.5) is 13.2 Å². The highest BCUT2D eigenvalue weighted by Gasteiger charge is 2.31. The Labute approximate surface area is 81.1 Å². The van der Waals surface area contributed by atoms with E-state index in [0.717, 1.165) is 12.1 Å². The number of aromatic nitrogens is 1. The summed E-state index contributed by atoms with van der Waals surface area (Å²) in [5.41, 5.74) is 4.65. The lowest BCUT2D eigenvalue weighted by Gasteiger charge is -2.07. The third-order valence-electron chi connectivity index (χ3n) is 1.38. The van der Waals surface area contributed by atoms with Gasteiger partial charge in [-0.25, -0.2) is 4.98 Å². The molecule has 0 radical (unpaired) electrons. The zero-order chi connectivity index (χ0) is 10.1. The van der Waals surface area contributed by atoms with Crippen LogP contribution < -0.4 is 5.73 Å². The summed E-state index contributed by atoms with van der Waals surface area (Å²) in [6.07, 6.45) is -4.35. The summed E-state index contributed by atoms with van der Waals surface area (Å²) in [6, 6.07) is 1.85. The SMILES string of the molecule is NCc1cc(C(F)(F)F)cc(Br)n1. The molecule has 0 atom stereocenters. The van der Waals surface area contributed by atoms with E-state index in [2.05, 4.69) is 20.9 Å². The molecule has 13 heavy (non-hydrogen) atoms. The third kappa shape index (κ3) is 2.67. The summed E-state index contributed by atoms with van der Waals surface area (Å²) in [5.74, 6) is 0. The minimum absolute atomic E-state index is 0.0114. The fourth-order valence-electron chi connectivity index (χ4n) is 0.819. The number of hydrogen-bond acceptors (Lipinski definition) is 2. The predicted molar refractivity (Wildman–Crippen MR) is 44.8 cm³/mol. The van der Waals surface area contributed by atoms with E-state index in [-0.39, 0.29) is 16.8 Å². The minimum atomic E-state index is -4.35. The van der Waals surface area contributed by atoms with Gasteiger partial charge in [0, 0.05) is 6.54 Å². The topological polar surface area (TPSA) is 38.9 Å². The van der Waals surface area contributed by atoms with Crippen LogP contribution in [-0.4, -0.2) is 4.98 Å². The highest BCUT2D eigenvalue weighted by Crippen LogP contribution is 2.30.